The second kappa shape index (κ2) is 5.10. The zero-order valence-corrected chi connectivity index (χ0v) is 9.40. The molecule has 0 bridgehead atoms. The van der Waals surface area contributed by atoms with Crippen molar-refractivity contribution in [1.29, 1.82) is 5.26 Å². The fraction of sp³-hybridized carbons (Fsp3) is 0.333. The van der Waals surface area contributed by atoms with Crippen LogP contribution in [0.3, 0.4) is 0 Å². The molecule has 1 unspecified atom stereocenters. The van der Waals surface area contributed by atoms with Crippen LogP contribution in [0, 0.1) is 23.0 Å². The average Bonchev–Trinajstić information content (AvgIpc) is 2.37. The van der Waals surface area contributed by atoms with Crippen LogP contribution in [0.2, 0.25) is 0 Å². The predicted octanol–water partition coefficient (Wildman–Crippen LogP) is 1.33. The van der Waals surface area contributed by atoms with Gasteiger partial charge in [-0.2, -0.15) is 5.26 Å². The lowest BCUT2D eigenvalue weighted by atomic mass is 10.1. The van der Waals surface area contributed by atoms with Crippen LogP contribution in [0.25, 0.3) is 0 Å². The van der Waals surface area contributed by atoms with Crippen molar-refractivity contribution in [1.82, 2.24) is 4.90 Å². The number of carbonyl (C=O) groups is 1. The molecular weight excluding hydrogens is 242 g/mol. The molecule has 0 saturated carbocycles. The third kappa shape index (κ3) is 2.63. The van der Waals surface area contributed by atoms with E-state index in [0.717, 1.165) is 12.1 Å². The fourth-order valence-corrected chi connectivity index (χ4v) is 1.77. The van der Waals surface area contributed by atoms with E-state index in [1.165, 1.54) is 4.90 Å². The molecule has 0 aromatic heterocycles. The monoisotopic (exact) mass is 252 g/mol. The number of carbonyl (C=O) groups excluding carboxylic acids is 1. The van der Waals surface area contributed by atoms with Gasteiger partial charge in [0, 0.05) is 18.2 Å². The van der Waals surface area contributed by atoms with Gasteiger partial charge in [-0.05, 0) is 12.1 Å². The summed E-state index contributed by atoms with van der Waals surface area (Å²) in [6.07, 6.45) is -0.693. The first kappa shape index (κ1) is 12.5. The summed E-state index contributed by atoms with van der Waals surface area (Å²) in [5, 5.41) is 8.72. The maximum absolute atomic E-state index is 13.0. The Bertz CT molecular complexity index is 493. The van der Waals surface area contributed by atoms with E-state index < -0.39 is 23.6 Å². The van der Waals surface area contributed by atoms with Crippen molar-refractivity contribution in [2.24, 2.45) is 0 Å². The SMILES string of the molecule is N#CC1CN(C(=O)c2cc(F)cc(F)c2)CCO1. The highest BCUT2D eigenvalue weighted by Gasteiger charge is 2.25. The van der Waals surface area contributed by atoms with Gasteiger partial charge in [0.05, 0.1) is 19.2 Å². The molecule has 0 spiro atoms. The van der Waals surface area contributed by atoms with E-state index in [1.807, 2.05) is 6.07 Å². The minimum absolute atomic E-state index is 0.0638. The fourth-order valence-electron chi connectivity index (χ4n) is 1.77. The second-order valence-electron chi connectivity index (χ2n) is 3.90. The van der Waals surface area contributed by atoms with E-state index >= 15 is 0 Å². The molecule has 1 aliphatic rings. The number of ether oxygens (including phenoxy) is 1. The van der Waals surface area contributed by atoms with Gasteiger partial charge < -0.3 is 9.64 Å². The van der Waals surface area contributed by atoms with Crippen molar-refractivity contribution in [3.63, 3.8) is 0 Å². The molecule has 0 radical (unpaired) electrons. The first-order valence-electron chi connectivity index (χ1n) is 5.37. The largest absolute Gasteiger partial charge is 0.360 e. The van der Waals surface area contributed by atoms with E-state index in [4.69, 9.17) is 10.00 Å². The van der Waals surface area contributed by atoms with E-state index in [-0.39, 0.29) is 18.7 Å². The van der Waals surface area contributed by atoms with Crippen LogP contribution in [0.15, 0.2) is 18.2 Å². The molecule has 94 valence electrons. The zero-order valence-electron chi connectivity index (χ0n) is 9.40. The Labute approximate surface area is 102 Å². The van der Waals surface area contributed by atoms with Crippen LogP contribution in [-0.4, -0.2) is 36.6 Å². The minimum Gasteiger partial charge on any atom is -0.360 e. The molecule has 1 aromatic rings. The smallest absolute Gasteiger partial charge is 0.254 e. The van der Waals surface area contributed by atoms with E-state index in [0.29, 0.717) is 12.6 Å². The van der Waals surface area contributed by atoms with E-state index in [2.05, 4.69) is 0 Å². The number of hydrogen-bond donors (Lipinski definition) is 0. The van der Waals surface area contributed by atoms with Gasteiger partial charge in [-0.3, -0.25) is 4.79 Å². The zero-order chi connectivity index (χ0) is 13.1. The van der Waals surface area contributed by atoms with Crippen LogP contribution < -0.4 is 0 Å². The average molecular weight is 252 g/mol. The molecule has 0 aliphatic carbocycles. The molecule has 6 heteroatoms. The Morgan fingerprint density at radius 2 is 2.06 bits per heavy atom. The van der Waals surface area contributed by atoms with Crippen molar-refractivity contribution in [2.75, 3.05) is 19.7 Å². The lowest BCUT2D eigenvalue weighted by molar-refractivity contribution is 0.00343. The van der Waals surface area contributed by atoms with Gasteiger partial charge in [0.2, 0.25) is 0 Å². The number of benzene rings is 1. The van der Waals surface area contributed by atoms with Crippen LogP contribution in [-0.2, 0) is 4.74 Å². The quantitative estimate of drug-likeness (QED) is 0.757. The topological polar surface area (TPSA) is 53.3 Å². The molecule has 1 heterocycles. The summed E-state index contributed by atoms with van der Waals surface area (Å²) < 4.78 is 31.1. The number of halogens is 2. The highest BCUT2D eigenvalue weighted by atomic mass is 19.1. The summed E-state index contributed by atoms with van der Waals surface area (Å²) in [5.41, 5.74) is -0.0638. The maximum atomic E-state index is 13.0. The maximum Gasteiger partial charge on any atom is 0.254 e. The highest BCUT2D eigenvalue weighted by Crippen LogP contribution is 2.13. The minimum atomic E-state index is -0.802. The molecule has 0 N–H and O–H groups in total. The second-order valence-corrected chi connectivity index (χ2v) is 3.90. The Morgan fingerprint density at radius 1 is 1.39 bits per heavy atom. The molecule has 1 amide bonds. The first-order chi connectivity index (χ1) is 8.60. The lowest BCUT2D eigenvalue weighted by Gasteiger charge is -2.29. The molecule has 18 heavy (non-hydrogen) atoms. The summed E-state index contributed by atoms with van der Waals surface area (Å²) >= 11 is 0. The number of nitriles is 1. The van der Waals surface area contributed by atoms with Crippen LogP contribution in [0.5, 0.6) is 0 Å². The number of hydrogen-bond acceptors (Lipinski definition) is 3. The van der Waals surface area contributed by atoms with Crippen LogP contribution in [0.4, 0.5) is 8.78 Å². The van der Waals surface area contributed by atoms with Crippen molar-refractivity contribution >= 4 is 5.91 Å². The summed E-state index contributed by atoms with van der Waals surface area (Å²) in [7, 11) is 0. The van der Waals surface area contributed by atoms with E-state index in [1.54, 1.807) is 0 Å². The number of morpholine rings is 1. The van der Waals surface area contributed by atoms with Gasteiger partial charge in [0.1, 0.15) is 11.6 Å². The molecule has 1 saturated heterocycles. The molecule has 1 atom stereocenters. The number of amides is 1. The Balaban J connectivity index is 2.18. The van der Waals surface area contributed by atoms with Crippen molar-refractivity contribution in [2.45, 2.75) is 6.10 Å². The Hall–Kier alpha value is -2.00. The van der Waals surface area contributed by atoms with Gasteiger partial charge in [0.15, 0.2) is 6.10 Å². The molecular formula is C12H10F2N2O2. The lowest BCUT2D eigenvalue weighted by Crippen LogP contribution is -2.45. The molecule has 2 rings (SSSR count). The summed E-state index contributed by atoms with van der Waals surface area (Å²) in [5.74, 6) is -2.11. The Morgan fingerprint density at radius 3 is 2.67 bits per heavy atom. The third-order valence-corrected chi connectivity index (χ3v) is 2.61. The van der Waals surface area contributed by atoms with Crippen molar-refractivity contribution in [3.8, 4) is 6.07 Å². The van der Waals surface area contributed by atoms with Gasteiger partial charge >= 0.3 is 0 Å². The predicted molar refractivity (Wildman–Crippen MR) is 57.6 cm³/mol. The van der Waals surface area contributed by atoms with E-state index in [9.17, 15) is 13.6 Å². The van der Waals surface area contributed by atoms with Crippen LogP contribution >= 0.6 is 0 Å². The molecule has 1 fully saturated rings. The van der Waals surface area contributed by atoms with Gasteiger partial charge in [0.25, 0.3) is 5.91 Å². The summed E-state index contributed by atoms with van der Waals surface area (Å²) in [6, 6.07) is 4.55. The van der Waals surface area contributed by atoms with Crippen molar-refractivity contribution < 1.29 is 18.3 Å². The Kier molecular flexibility index (Phi) is 3.53. The number of nitrogens with zero attached hydrogens (tertiary/aromatic N) is 2. The number of rotatable bonds is 1. The van der Waals surface area contributed by atoms with Gasteiger partial charge in [-0.15, -0.1) is 0 Å². The van der Waals surface area contributed by atoms with Gasteiger partial charge in [-0.25, -0.2) is 8.78 Å². The normalized spacial score (nSPS) is 19.4. The van der Waals surface area contributed by atoms with Crippen molar-refractivity contribution in [3.05, 3.63) is 35.4 Å². The summed E-state index contributed by atoms with van der Waals surface area (Å²) in [6.45, 7) is 0.643. The molecule has 1 aliphatic heterocycles. The summed E-state index contributed by atoms with van der Waals surface area (Å²) in [4.78, 5) is 13.3. The van der Waals surface area contributed by atoms with Gasteiger partial charge in [-0.1, -0.05) is 0 Å². The standard InChI is InChI=1S/C12H10F2N2O2/c13-9-3-8(4-10(14)5-9)12(17)16-1-2-18-11(6-15)7-16/h3-5,11H,1-2,7H2. The first-order valence-corrected chi connectivity index (χ1v) is 5.37. The molecule has 4 nitrogen and oxygen atoms in total. The third-order valence-electron chi connectivity index (χ3n) is 2.61. The van der Waals surface area contributed by atoms with Crippen LogP contribution in [0.1, 0.15) is 10.4 Å². The highest BCUT2D eigenvalue weighted by molar-refractivity contribution is 5.94. The molecule has 1 aromatic carbocycles.